The van der Waals surface area contributed by atoms with Gasteiger partial charge in [-0.2, -0.15) is 0 Å². The molecule has 1 aromatic rings. The number of carbonyl (C=O) groups excluding carboxylic acids is 1. The summed E-state index contributed by atoms with van der Waals surface area (Å²) in [6, 6.07) is 3.96. The van der Waals surface area contributed by atoms with Crippen LogP contribution < -0.4 is 5.32 Å². The van der Waals surface area contributed by atoms with Crippen molar-refractivity contribution in [2.75, 3.05) is 5.88 Å². The third kappa shape index (κ3) is 4.17. The van der Waals surface area contributed by atoms with E-state index < -0.39 is 11.7 Å². The molecule has 1 amide bonds. The minimum Gasteiger partial charge on any atom is -0.349 e. The highest BCUT2D eigenvalue weighted by Gasteiger charge is 2.15. The van der Waals surface area contributed by atoms with E-state index >= 15 is 0 Å². The molecule has 17 heavy (non-hydrogen) atoms. The SMILES string of the molecule is CCC(CCCl)NC(=O)c1ccc(Cl)cc1F. The second kappa shape index (κ2) is 6.82. The summed E-state index contributed by atoms with van der Waals surface area (Å²) in [6.45, 7) is 1.94. The molecule has 1 aromatic carbocycles. The van der Waals surface area contributed by atoms with Crippen LogP contribution in [-0.4, -0.2) is 17.8 Å². The Kier molecular flexibility index (Phi) is 5.72. The van der Waals surface area contributed by atoms with E-state index in [0.29, 0.717) is 12.3 Å². The molecule has 0 heterocycles. The average molecular weight is 278 g/mol. The minimum absolute atomic E-state index is 0.00224. The third-order valence-electron chi connectivity index (χ3n) is 2.46. The zero-order valence-electron chi connectivity index (χ0n) is 9.47. The van der Waals surface area contributed by atoms with Crippen LogP contribution in [0.4, 0.5) is 4.39 Å². The first kappa shape index (κ1) is 14.3. The van der Waals surface area contributed by atoms with E-state index in [4.69, 9.17) is 23.2 Å². The van der Waals surface area contributed by atoms with E-state index in [1.165, 1.54) is 12.1 Å². The Bertz CT molecular complexity index is 398. The Balaban J connectivity index is 2.75. The van der Waals surface area contributed by atoms with Gasteiger partial charge in [0, 0.05) is 16.9 Å². The summed E-state index contributed by atoms with van der Waals surface area (Å²) in [7, 11) is 0. The Morgan fingerprint density at radius 3 is 2.76 bits per heavy atom. The van der Waals surface area contributed by atoms with Gasteiger partial charge >= 0.3 is 0 Å². The molecule has 0 saturated heterocycles. The van der Waals surface area contributed by atoms with Crippen molar-refractivity contribution in [2.45, 2.75) is 25.8 Å². The lowest BCUT2D eigenvalue weighted by atomic mass is 10.1. The van der Waals surface area contributed by atoms with Crippen LogP contribution in [0.3, 0.4) is 0 Å². The molecule has 0 aliphatic heterocycles. The van der Waals surface area contributed by atoms with Gasteiger partial charge in [0.2, 0.25) is 0 Å². The lowest BCUT2D eigenvalue weighted by molar-refractivity contribution is 0.0931. The van der Waals surface area contributed by atoms with E-state index in [0.717, 1.165) is 12.5 Å². The van der Waals surface area contributed by atoms with Crippen molar-refractivity contribution < 1.29 is 9.18 Å². The maximum Gasteiger partial charge on any atom is 0.254 e. The van der Waals surface area contributed by atoms with Gasteiger partial charge in [-0.1, -0.05) is 18.5 Å². The summed E-state index contributed by atoms with van der Waals surface area (Å²) in [5, 5.41) is 3.01. The van der Waals surface area contributed by atoms with Crippen LogP contribution in [0, 0.1) is 5.82 Å². The monoisotopic (exact) mass is 277 g/mol. The Labute approximate surface area is 110 Å². The molecule has 0 spiro atoms. The van der Waals surface area contributed by atoms with E-state index in [1.807, 2.05) is 6.92 Å². The number of rotatable bonds is 5. The second-order valence-corrected chi connectivity index (χ2v) is 4.49. The van der Waals surface area contributed by atoms with Gasteiger partial charge in [-0.05, 0) is 31.0 Å². The van der Waals surface area contributed by atoms with Crippen molar-refractivity contribution in [3.8, 4) is 0 Å². The maximum absolute atomic E-state index is 13.5. The molecule has 0 radical (unpaired) electrons. The van der Waals surface area contributed by atoms with Crippen LogP contribution in [0.15, 0.2) is 18.2 Å². The molecule has 0 aromatic heterocycles. The van der Waals surface area contributed by atoms with Gasteiger partial charge in [0.05, 0.1) is 5.56 Å². The van der Waals surface area contributed by atoms with E-state index in [1.54, 1.807) is 0 Å². The van der Waals surface area contributed by atoms with Crippen molar-refractivity contribution >= 4 is 29.1 Å². The smallest absolute Gasteiger partial charge is 0.254 e. The lowest BCUT2D eigenvalue weighted by Crippen LogP contribution is -2.35. The largest absolute Gasteiger partial charge is 0.349 e. The van der Waals surface area contributed by atoms with E-state index in [9.17, 15) is 9.18 Å². The number of carbonyl (C=O) groups is 1. The summed E-state index contributed by atoms with van der Waals surface area (Å²) < 4.78 is 13.5. The number of hydrogen-bond donors (Lipinski definition) is 1. The highest BCUT2D eigenvalue weighted by Crippen LogP contribution is 2.15. The number of amides is 1. The first-order chi connectivity index (χ1) is 8.08. The van der Waals surface area contributed by atoms with Gasteiger partial charge < -0.3 is 5.32 Å². The molecule has 5 heteroatoms. The molecular formula is C12H14Cl2FNO. The molecule has 1 rings (SSSR count). The molecule has 94 valence electrons. The molecule has 0 aliphatic rings. The highest BCUT2D eigenvalue weighted by atomic mass is 35.5. The first-order valence-corrected chi connectivity index (χ1v) is 6.31. The van der Waals surface area contributed by atoms with Crippen LogP contribution in [0.2, 0.25) is 5.02 Å². The van der Waals surface area contributed by atoms with Gasteiger partial charge in [-0.15, -0.1) is 11.6 Å². The topological polar surface area (TPSA) is 29.1 Å². The molecule has 0 fully saturated rings. The molecular weight excluding hydrogens is 264 g/mol. The summed E-state index contributed by atoms with van der Waals surface area (Å²) >= 11 is 11.2. The molecule has 0 aliphatic carbocycles. The van der Waals surface area contributed by atoms with Gasteiger partial charge in [-0.3, -0.25) is 4.79 Å². The van der Waals surface area contributed by atoms with Gasteiger partial charge in [-0.25, -0.2) is 4.39 Å². The van der Waals surface area contributed by atoms with E-state index in [2.05, 4.69) is 5.32 Å². The van der Waals surface area contributed by atoms with Gasteiger partial charge in [0.15, 0.2) is 0 Å². The quantitative estimate of drug-likeness (QED) is 0.819. The maximum atomic E-state index is 13.5. The zero-order valence-corrected chi connectivity index (χ0v) is 11.0. The van der Waals surface area contributed by atoms with Crippen molar-refractivity contribution in [2.24, 2.45) is 0 Å². The molecule has 1 unspecified atom stereocenters. The van der Waals surface area contributed by atoms with Crippen LogP contribution >= 0.6 is 23.2 Å². The molecule has 0 saturated carbocycles. The standard InChI is InChI=1S/C12H14Cl2FNO/c1-2-9(5-6-13)16-12(17)10-4-3-8(14)7-11(10)15/h3-4,7,9H,2,5-6H2,1H3,(H,16,17). The normalized spacial score (nSPS) is 12.2. The third-order valence-corrected chi connectivity index (χ3v) is 2.91. The molecule has 2 nitrogen and oxygen atoms in total. The fourth-order valence-electron chi connectivity index (χ4n) is 1.45. The van der Waals surface area contributed by atoms with Crippen LogP contribution in [-0.2, 0) is 0 Å². The van der Waals surface area contributed by atoms with Crippen LogP contribution in [0.5, 0.6) is 0 Å². The fraction of sp³-hybridized carbons (Fsp3) is 0.417. The Morgan fingerprint density at radius 1 is 1.53 bits per heavy atom. The lowest BCUT2D eigenvalue weighted by Gasteiger charge is -2.15. The predicted molar refractivity (Wildman–Crippen MR) is 68.3 cm³/mol. The number of benzene rings is 1. The number of nitrogens with one attached hydrogen (secondary N) is 1. The van der Waals surface area contributed by atoms with Crippen LogP contribution in [0.1, 0.15) is 30.1 Å². The summed E-state index contributed by atoms with van der Waals surface area (Å²) in [5.74, 6) is -0.589. The van der Waals surface area contributed by atoms with Crippen molar-refractivity contribution in [1.29, 1.82) is 0 Å². The molecule has 0 bridgehead atoms. The fourth-order valence-corrected chi connectivity index (χ4v) is 1.87. The zero-order chi connectivity index (χ0) is 12.8. The second-order valence-electron chi connectivity index (χ2n) is 3.68. The molecule has 1 N–H and O–H groups in total. The molecule has 1 atom stereocenters. The number of halogens is 3. The van der Waals surface area contributed by atoms with Crippen molar-refractivity contribution in [3.63, 3.8) is 0 Å². The average Bonchev–Trinajstić information content (AvgIpc) is 2.28. The summed E-state index contributed by atoms with van der Waals surface area (Å²) in [5.41, 5.74) is 0.00224. The Hall–Kier alpha value is -0.800. The predicted octanol–water partition coefficient (Wildman–Crippen LogP) is 3.62. The van der Waals surface area contributed by atoms with E-state index in [-0.39, 0.29) is 16.6 Å². The summed E-state index contributed by atoms with van der Waals surface area (Å²) in [6.07, 6.45) is 1.42. The first-order valence-electron chi connectivity index (χ1n) is 5.40. The summed E-state index contributed by atoms with van der Waals surface area (Å²) in [4.78, 5) is 11.8. The minimum atomic E-state index is -0.615. The number of hydrogen-bond acceptors (Lipinski definition) is 1. The van der Waals surface area contributed by atoms with Gasteiger partial charge in [0.1, 0.15) is 5.82 Å². The Morgan fingerprint density at radius 2 is 2.24 bits per heavy atom. The number of alkyl halides is 1. The van der Waals surface area contributed by atoms with Gasteiger partial charge in [0.25, 0.3) is 5.91 Å². The van der Waals surface area contributed by atoms with Crippen LogP contribution in [0.25, 0.3) is 0 Å². The van der Waals surface area contributed by atoms with Crippen molar-refractivity contribution in [1.82, 2.24) is 5.32 Å². The van der Waals surface area contributed by atoms with Crippen molar-refractivity contribution in [3.05, 3.63) is 34.6 Å². The highest BCUT2D eigenvalue weighted by molar-refractivity contribution is 6.30.